The molecular weight excluding hydrogens is 1290 g/mol. The number of anilines is 3. The molecule has 0 unspecified atom stereocenters. The monoisotopic (exact) mass is 1350 g/mol. The molecule has 20 aromatic rings. The molecule has 0 saturated heterocycles. The minimum absolute atomic E-state index is 0. The summed E-state index contributed by atoms with van der Waals surface area (Å²) in [6.45, 7) is 0. The van der Waals surface area contributed by atoms with Crippen LogP contribution in [0.25, 0.3) is 154 Å². The van der Waals surface area contributed by atoms with Gasteiger partial charge in [-0.25, -0.2) is 0 Å². The zero-order valence-corrected chi connectivity index (χ0v) is 55.2. The number of fused-ring (bicyclic) bond motifs is 18. The van der Waals surface area contributed by atoms with Gasteiger partial charge in [-0.2, -0.15) is 0 Å². The van der Waals surface area contributed by atoms with Crippen molar-refractivity contribution in [3.63, 3.8) is 0 Å². The average Bonchev–Trinajstić information content (AvgIpc) is 1.52. The van der Waals surface area contributed by atoms with Crippen LogP contribution in [0.5, 0.6) is 0 Å². The van der Waals surface area contributed by atoms with Crippen LogP contribution < -0.4 is 4.90 Å². The molecule has 6 heteroatoms. The van der Waals surface area contributed by atoms with Crippen LogP contribution in [-0.4, -0.2) is 0 Å². The maximum Gasteiger partial charge on any atom is 0.160 e. The van der Waals surface area contributed by atoms with E-state index in [9.17, 15) is 0 Å². The SMILES string of the molecule is Brc1cc2oc3ccc4ccccc4c3c2c2c1oc1ccccc12.C.c1ccc(-c2ccc(Cc3ccccc3-c3ccccc3)cc2)cc1.c1ccc(-c2ccc(N(c3ccccc3-c3ccccc3)c3cc4oc5ccc6ccccc6c5c4c4c3oc3ccccc34)cc2)cc1. The number of benzene rings is 16. The van der Waals surface area contributed by atoms with Crippen molar-refractivity contribution >= 4 is 142 Å². The first-order valence-electron chi connectivity index (χ1n) is 33.4. The molecule has 5 nitrogen and oxygen atoms in total. The molecule has 0 radical (unpaired) electrons. The van der Waals surface area contributed by atoms with Gasteiger partial charge in [-0.15, -0.1) is 0 Å². The third-order valence-electron chi connectivity index (χ3n) is 19.1. The van der Waals surface area contributed by atoms with Crippen molar-refractivity contribution in [2.45, 2.75) is 13.8 Å². The minimum Gasteiger partial charge on any atom is -0.456 e. The summed E-state index contributed by atoms with van der Waals surface area (Å²) >= 11 is 3.65. The van der Waals surface area contributed by atoms with Crippen molar-refractivity contribution in [3.05, 3.63) is 367 Å². The number of nitrogens with zero attached hydrogens (tertiary/aromatic N) is 1. The van der Waals surface area contributed by atoms with Crippen molar-refractivity contribution in [1.82, 2.24) is 0 Å². The number of para-hydroxylation sites is 3. The Hall–Kier alpha value is -12.5. The highest BCUT2D eigenvalue weighted by atomic mass is 79.9. The predicted octanol–water partition coefficient (Wildman–Crippen LogP) is 28.1. The highest BCUT2D eigenvalue weighted by Gasteiger charge is 2.27. The second-order valence-corrected chi connectivity index (χ2v) is 25.9. The average molecular weight is 1350 g/mol. The fourth-order valence-electron chi connectivity index (χ4n) is 14.6. The van der Waals surface area contributed by atoms with E-state index in [2.05, 4.69) is 342 Å². The second-order valence-electron chi connectivity index (χ2n) is 25.0. The lowest BCUT2D eigenvalue weighted by atomic mass is 9.94. The summed E-state index contributed by atoms with van der Waals surface area (Å²) < 4.78 is 26.9. The van der Waals surface area contributed by atoms with Gasteiger partial charge in [0.05, 0.1) is 15.8 Å². The number of halogens is 1. The number of furan rings is 4. The summed E-state index contributed by atoms with van der Waals surface area (Å²) in [7, 11) is 0. The smallest absolute Gasteiger partial charge is 0.160 e. The van der Waals surface area contributed by atoms with E-state index in [0.717, 1.165) is 132 Å². The van der Waals surface area contributed by atoms with Crippen LogP contribution in [0, 0.1) is 0 Å². The molecule has 4 heterocycles. The molecule has 20 rings (SSSR count). The number of hydrogen-bond acceptors (Lipinski definition) is 5. The molecule has 476 valence electrons. The molecular formula is C94H64BrNO4. The van der Waals surface area contributed by atoms with E-state index in [0.29, 0.717) is 0 Å². The lowest BCUT2D eigenvalue weighted by Crippen LogP contribution is -2.11. The van der Waals surface area contributed by atoms with Crippen LogP contribution in [0.2, 0.25) is 0 Å². The van der Waals surface area contributed by atoms with Gasteiger partial charge in [-0.1, -0.05) is 305 Å². The summed E-state index contributed by atoms with van der Waals surface area (Å²) in [6, 6.07) is 123. The molecule has 0 bridgehead atoms. The van der Waals surface area contributed by atoms with Gasteiger partial charge < -0.3 is 22.6 Å². The molecule has 0 aliphatic heterocycles. The van der Waals surface area contributed by atoms with E-state index >= 15 is 0 Å². The van der Waals surface area contributed by atoms with Crippen LogP contribution in [0.1, 0.15) is 18.6 Å². The molecule has 0 N–H and O–H groups in total. The largest absolute Gasteiger partial charge is 0.456 e. The Bertz CT molecular complexity index is 6370. The molecule has 4 aromatic heterocycles. The van der Waals surface area contributed by atoms with Crippen LogP contribution in [0.15, 0.2) is 374 Å². The van der Waals surface area contributed by atoms with E-state index < -0.39 is 0 Å². The van der Waals surface area contributed by atoms with Crippen LogP contribution in [0.4, 0.5) is 17.1 Å². The van der Waals surface area contributed by atoms with Crippen LogP contribution in [-0.2, 0) is 6.42 Å². The molecule has 0 fully saturated rings. The minimum atomic E-state index is 0. The first-order chi connectivity index (χ1) is 49.0. The third kappa shape index (κ3) is 11.0. The Morgan fingerprint density at radius 3 is 1.23 bits per heavy atom. The van der Waals surface area contributed by atoms with Crippen molar-refractivity contribution in [2.75, 3.05) is 4.90 Å². The van der Waals surface area contributed by atoms with Gasteiger partial charge in [0.2, 0.25) is 0 Å². The van der Waals surface area contributed by atoms with E-state index in [-0.39, 0.29) is 7.43 Å². The maximum atomic E-state index is 6.90. The lowest BCUT2D eigenvalue weighted by Gasteiger charge is -2.28. The standard InChI is InChI=1S/C46H29NO2.C25H20.C22H11BrO2.CH4/c1-3-13-30(14-4-1)31-23-26-34(27-24-31)47(38-21-11-9-18-35(38)32-15-5-2-6-16-32)39-29-42-45(44-37-20-10-12-22-40(37)49-46(39)44)43-36-19-8-7-17-33(36)25-28-41(43)48-42;1-3-9-21(10-4-1)22-17-15-20(16-18-22)19-24-13-7-8-14-25(24)23-11-5-2-6-12-23;23-15-11-18-21(20-14-7-3-4-8-16(14)25-22(15)20)19-13-6-2-1-5-12(13)9-10-17(19)24-18;/h1-29H;1-18H,19H2;1-11H;1H4. The van der Waals surface area contributed by atoms with Gasteiger partial charge in [0.25, 0.3) is 0 Å². The third-order valence-corrected chi connectivity index (χ3v) is 19.7. The van der Waals surface area contributed by atoms with Gasteiger partial charge in [0.1, 0.15) is 39.1 Å². The van der Waals surface area contributed by atoms with Crippen molar-refractivity contribution < 1.29 is 17.7 Å². The Labute approximate surface area is 586 Å². The zero-order chi connectivity index (χ0) is 65.8. The van der Waals surface area contributed by atoms with Gasteiger partial charge in [-0.3, -0.25) is 0 Å². The van der Waals surface area contributed by atoms with E-state index in [1.807, 2.05) is 30.3 Å². The van der Waals surface area contributed by atoms with Crippen molar-refractivity contribution in [2.24, 2.45) is 0 Å². The first kappa shape index (κ1) is 61.1. The molecule has 100 heavy (non-hydrogen) atoms. The van der Waals surface area contributed by atoms with Gasteiger partial charge in [0.15, 0.2) is 5.58 Å². The molecule has 16 aromatic carbocycles. The number of hydrogen-bond donors (Lipinski definition) is 0. The quantitative estimate of drug-likeness (QED) is 0.144. The first-order valence-corrected chi connectivity index (χ1v) is 34.2. The Kier molecular flexibility index (Phi) is 16.0. The van der Waals surface area contributed by atoms with Crippen LogP contribution >= 0.6 is 15.9 Å². The Morgan fingerprint density at radius 1 is 0.260 bits per heavy atom. The van der Waals surface area contributed by atoms with Gasteiger partial charge >= 0.3 is 0 Å². The maximum absolute atomic E-state index is 6.90. The number of rotatable bonds is 9. The molecule has 0 spiro atoms. The van der Waals surface area contributed by atoms with Crippen molar-refractivity contribution in [3.8, 4) is 44.5 Å². The lowest BCUT2D eigenvalue weighted by molar-refractivity contribution is 0.661. The molecule has 0 amide bonds. The van der Waals surface area contributed by atoms with Gasteiger partial charge in [0, 0.05) is 60.4 Å². The fraction of sp³-hybridized carbons (Fsp3) is 0.0213. The molecule has 0 aliphatic rings. The van der Waals surface area contributed by atoms with E-state index in [4.69, 9.17) is 17.7 Å². The summed E-state index contributed by atoms with van der Waals surface area (Å²) in [4.78, 5) is 2.33. The predicted molar refractivity (Wildman–Crippen MR) is 424 cm³/mol. The summed E-state index contributed by atoms with van der Waals surface area (Å²) in [6.07, 6.45) is 0.945. The molecule has 0 atom stereocenters. The highest BCUT2D eigenvalue weighted by Crippen LogP contribution is 2.51. The summed E-state index contributed by atoms with van der Waals surface area (Å²) in [5, 5.41) is 13.6. The van der Waals surface area contributed by atoms with Gasteiger partial charge in [-0.05, 0) is 142 Å². The summed E-state index contributed by atoms with van der Waals surface area (Å²) in [5.74, 6) is 0. The fourth-order valence-corrected chi connectivity index (χ4v) is 15.0. The van der Waals surface area contributed by atoms with Crippen LogP contribution in [0.3, 0.4) is 0 Å². The zero-order valence-electron chi connectivity index (χ0n) is 53.7. The Balaban J connectivity index is 0.000000123. The normalized spacial score (nSPS) is 11.4. The second kappa shape index (κ2) is 26.2. The molecule has 0 aliphatic carbocycles. The summed E-state index contributed by atoms with van der Waals surface area (Å²) in [5.41, 5.74) is 22.3. The van der Waals surface area contributed by atoms with E-state index in [1.165, 1.54) is 60.5 Å². The van der Waals surface area contributed by atoms with E-state index in [1.54, 1.807) is 0 Å². The topological polar surface area (TPSA) is 55.8 Å². The highest BCUT2D eigenvalue weighted by molar-refractivity contribution is 9.10. The van der Waals surface area contributed by atoms with Crippen molar-refractivity contribution in [1.29, 1.82) is 0 Å². The Morgan fingerprint density at radius 2 is 0.670 bits per heavy atom. The molecule has 0 saturated carbocycles.